The second-order valence-corrected chi connectivity index (χ2v) is 15.1. The molecule has 8 aromatic rings. The van der Waals surface area contributed by atoms with Gasteiger partial charge in [-0.05, 0) is 112 Å². The molecule has 2 aromatic heterocycles. The van der Waals surface area contributed by atoms with Crippen molar-refractivity contribution in [2.75, 3.05) is 0 Å². The van der Waals surface area contributed by atoms with E-state index >= 15 is 0 Å². The molecular weight excluding hydrogens is 657 g/mol. The third kappa shape index (κ3) is 4.12. The summed E-state index contributed by atoms with van der Waals surface area (Å²) in [4.78, 5) is 9.82. The normalized spacial score (nSPS) is 17.0. The number of rotatable bonds is 2. The maximum absolute atomic E-state index is 7.27. The van der Waals surface area contributed by atoms with E-state index in [1.165, 1.54) is 61.0 Å². The van der Waals surface area contributed by atoms with Gasteiger partial charge in [-0.3, -0.25) is 9.97 Å². The fraction of sp³-hybridized carbons (Fsp3) is 0.0980. The van der Waals surface area contributed by atoms with Gasteiger partial charge in [0, 0.05) is 51.0 Å². The summed E-state index contributed by atoms with van der Waals surface area (Å²) in [6.45, 7) is 0. The van der Waals surface area contributed by atoms with E-state index in [1.54, 1.807) is 0 Å². The molecule has 0 bridgehead atoms. The highest BCUT2D eigenvalue weighted by molar-refractivity contribution is 5.98. The van der Waals surface area contributed by atoms with Crippen LogP contribution in [0.4, 0.5) is 0 Å². The van der Waals surface area contributed by atoms with Crippen molar-refractivity contribution in [3.05, 3.63) is 191 Å². The molecule has 0 saturated heterocycles. The summed E-state index contributed by atoms with van der Waals surface area (Å²) in [5.41, 5.74) is 17.3. The van der Waals surface area contributed by atoms with Crippen LogP contribution in [0.25, 0.3) is 67.2 Å². The van der Waals surface area contributed by atoms with Gasteiger partial charge in [0.25, 0.3) is 0 Å². The lowest BCUT2D eigenvalue weighted by molar-refractivity contribution is 0.439. The van der Waals surface area contributed by atoms with Gasteiger partial charge in [0.1, 0.15) is 11.5 Å². The Kier molecular flexibility index (Phi) is 6.22. The molecule has 1 aliphatic heterocycles. The first-order valence-corrected chi connectivity index (χ1v) is 19.1. The highest BCUT2D eigenvalue weighted by atomic mass is 16.5. The molecule has 3 heteroatoms. The van der Waals surface area contributed by atoms with Gasteiger partial charge in [0.2, 0.25) is 0 Å². The summed E-state index contributed by atoms with van der Waals surface area (Å²) in [5.74, 6) is 1.91. The van der Waals surface area contributed by atoms with E-state index < -0.39 is 5.41 Å². The number of benzene rings is 6. The van der Waals surface area contributed by atoms with Gasteiger partial charge in [-0.25, -0.2) is 0 Å². The van der Waals surface area contributed by atoms with Crippen LogP contribution in [0.15, 0.2) is 146 Å². The number of nitrogens with zero attached hydrogens (tertiary/aromatic N) is 2. The molecule has 12 rings (SSSR count). The summed E-state index contributed by atoms with van der Waals surface area (Å²) in [6.07, 6.45) is 17.2. The summed E-state index contributed by atoms with van der Waals surface area (Å²) in [6, 6.07) is 45.1. The number of aromatic nitrogens is 2. The SMILES string of the molecule is C1=Cc2ncc(-c3ccc4c(c3)C3(c5cc(-c6cnc7ccccc7c6)ccc5-4)c4ccc5c(c4Oc4c3ccc3ccccc43)C=CCC5)cc2CC1. The maximum Gasteiger partial charge on any atom is 0.140 e. The lowest BCUT2D eigenvalue weighted by Gasteiger charge is -2.41. The lowest BCUT2D eigenvalue weighted by atomic mass is 9.64. The topological polar surface area (TPSA) is 35.0 Å². The standard InChI is InChI=1S/C51H34N2O/c1-5-13-39-31(9-1)19-23-43-49(39)54-50-40-14-6-2-10-32(40)20-24-44(50)51(43)45-27-33(37-25-35-11-3-7-15-47(35)52-29-37)17-21-41(45)42-22-18-34(28-46(42)51)38-26-36-12-4-8-16-48(36)53-30-38/h1,3,5-9,11,13-30H,2,4,10,12H2. The van der Waals surface area contributed by atoms with Crippen molar-refractivity contribution < 1.29 is 4.74 Å². The summed E-state index contributed by atoms with van der Waals surface area (Å²) in [5, 5.41) is 3.44. The van der Waals surface area contributed by atoms with E-state index in [-0.39, 0.29) is 0 Å². The van der Waals surface area contributed by atoms with E-state index in [4.69, 9.17) is 14.7 Å². The second kappa shape index (κ2) is 11.2. The third-order valence-corrected chi connectivity index (χ3v) is 12.3. The lowest BCUT2D eigenvalue weighted by Crippen LogP contribution is -2.33. The van der Waals surface area contributed by atoms with Crippen molar-refractivity contribution in [1.82, 2.24) is 9.97 Å². The quantitative estimate of drug-likeness (QED) is 0.181. The number of aryl methyl sites for hydroxylation is 2. The van der Waals surface area contributed by atoms with Crippen LogP contribution in [-0.4, -0.2) is 9.97 Å². The van der Waals surface area contributed by atoms with Crippen LogP contribution >= 0.6 is 0 Å². The van der Waals surface area contributed by atoms with E-state index in [1.807, 2.05) is 6.20 Å². The third-order valence-electron chi connectivity index (χ3n) is 12.3. The molecule has 0 N–H and O–H groups in total. The Morgan fingerprint density at radius 3 is 2.04 bits per heavy atom. The summed E-state index contributed by atoms with van der Waals surface area (Å²) < 4.78 is 7.27. The molecular formula is C51H34N2O. The summed E-state index contributed by atoms with van der Waals surface area (Å²) in [7, 11) is 0. The zero-order valence-corrected chi connectivity index (χ0v) is 29.6. The van der Waals surface area contributed by atoms with Crippen LogP contribution in [0.2, 0.25) is 0 Å². The second-order valence-electron chi connectivity index (χ2n) is 15.1. The first-order valence-electron chi connectivity index (χ1n) is 19.1. The smallest absolute Gasteiger partial charge is 0.140 e. The first kappa shape index (κ1) is 29.9. The highest BCUT2D eigenvalue weighted by Crippen LogP contribution is 2.64. The molecule has 0 fully saturated rings. The van der Waals surface area contributed by atoms with E-state index in [0.29, 0.717) is 0 Å². The minimum absolute atomic E-state index is 0.640. The monoisotopic (exact) mass is 690 g/mol. The maximum atomic E-state index is 7.27. The molecule has 54 heavy (non-hydrogen) atoms. The molecule has 3 nitrogen and oxygen atoms in total. The number of hydrogen-bond acceptors (Lipinski definition) is 3. The van der Waals surface area contributed by atoms with Crippen molar-refractivity contribution in [3.63, 3.8) is 0 Å². The van der Waals surface area contributed by atoms with Crippen molar-refractivity contribution in [3.8, 4) is 44.9 Å². The fourth-order valence-corrected chi connectivity index (χ4v) is 9.74. The van der Waals surface area contributed by atoms with Gasteiger partial charge < -0.3 is 4.74 Å². The number of allylic oxidation sites excluding steroid dienone is 2. The van der Waals surface area contributed by atoms with Gasteiger partial charge in [0.15, 0.2) is 0 Å². The molecule has 1 spiro atoms. The van der Waals surface area contributed by atoms with E-state index in [2.05, 4.69) is 152 Å². The van der Waals surface area contributed by atoms with Gasteiger partial charge in [-0.15, -0.1) is 0 Å². The molecule has 6 aromatic carbocycles. The molecule has 0 saturated carbocycles. The zero-order valence-electron chi connectivity index (χ0n) is 29.6. The Labute approximate surface area is 314 Å². The van der Waals surface area contributed by atoms with Crippen molar-refractivity contribution >= 4 is 33.8 Å². The average Bonchev–Trinajstić information content (AvgIpc) is 3.52. The minimum Gasteiger partial charge on any atom is -0.455 e. The number of hydrogen-bond donors (Lipinski definition) is 0. The van der Waals surface area contributed by atoms with Crippen LogP contribution in [0.1, 0.15) is 57.5 Å². The molecule has 4 aliphatic rings. The first-order chi connectivity index (χ1) is 26.7. The Morgan fingerprint density at radius 2 is 1.19 bits per heavy atom. The Hall–Kier alpha value is -6.58. The number of ether oxygens (including phenoxy) is 1. The molecule has 1 unspecified atom stereocenters. The zero-order chi connectivity index (χ0) is 35.4. The van der Waals surface area contributed by atoms with Crippen LogP contribution in [0.3, 0.4) is 0 Å². The van der Waals surface area contributed by atoms with Gasteiger partial charge >= 0.3 is 0 Å². The highest BCUT2D eigenvalue weighted by Gasteiger charge is 2.52. The molecule has 254 valence electrons. The van der Waals surface area contributed by atoms with Gasteiger partial charge in [-0.2, -0.15) is 0 Å². The van der Waals surface area contributed by atoms with Crippen LogP contribution in [0.5, 0.6) is 11.5 Å². The minimum atomic E-state index is -0.640. The largest absolute Gasteiger partial charge is 0.455 e. The van der Waals surface area contributed by atoms with Crippen LogP contribution in [0, 0.1) is 0 Å². The Balaban J connectivity index is 1.19. The predicted molar refractivity (Wildman–Crippen MR) is 220 cm³/mol. The Morgan fingerprint density at radius 1 is 0.500 bits per heavy atom. The number of fused-ring (bicyclic) bond motifs is 15. The van der Waals surface area contributed by atoms with Crippen LogP contribution in [-0.2, 0) is 18.3 Å². The summed E-state index contributed by atoms with van der Waals surface area (Å²) >= 11 is 0. The number of para-hydroxylation sites is 1. The molecule has 0 radical (unpaired) electrons. The van der Waals surface area contributed by atoms with Gasteiger partial charge in [-0.1, -0.05) is 109 Å². The van der Waals surface area contributed by atoms with Crippen molar-refractivity contribution in [1.29, 1.82) is 0 Å². The van der Waals surface area contributed by atoms with E-state index in [9.17, 15) is 0 Å². The number of pyridine rings is 2. The average molecular weight is 691 g/mol. The molecule has 1 atom stereocenters. The molecule has 0 amide bonds. The van der Waals surface area contributed by atoms with Crippen LogP contribution < -0.4 is 4.74 Å². The predicted octanol–water partition coefficient (Wildman–Crippen LogP) is 12.5. The van der Waals surface area contributed by atoms with Gasteiger partial charge in [0.05, 0.1) is 16.6 Å². The van der Waals surface area contributed by atoms with Crippen molar-refractivity contribution in [2.24, 2.45) is 0 Å². The van der Waals surface area contributed by atoms with Crippen molar-refractivity contribution in [2.45, 2.75) is 31.1 Å². The Bertz CT molecular complexity index is 2990. The van der Waals surface area contributed by atoms with E-state index in [0.717, 1.165) is 75.9 Å². The molecule has 3 heterocycles. The molecule has 3 aliphatic carbocycles. The fourth-order valence-electron chi connectivity index (χ4n) is 9.74.